The van der Waals surface area contributed by atoms with Crippen LogP contribution in [0.25, 0.3) is 0 Å². The highest BCUT2D eigenvalue weighted by molar-refractivity contribution is 6.21. The van der Waals surface area contributed by atoms with Crippen LogP contribution in [-0.4, -0.2) is 17.5 Å². The third-order valence-electron chi connectivity index (χ3n) is 1.45. The fourth-order valence-corrected chi connectivity index (χ4v) is 1.08. The van der Waals surface area contributed by atoms with Gasteiger partial charge < -0.3 is 4.74 Å². The lowest BCUT2D eigenvalue weighted by molar-refractivity contribution is -0.149. The molecular formula is C6H9ClO2. The van der Waals surface area contributed by atoms with Gasteiger partial charge in [0.2, 0.25) is 0 Å². The highest BCUT2D eigenvalue weighted by Gasteiger charge is 2.31. The van der Waals surface area contributed by atoms with Crippen molar-refractivity contribution < 1.29 is 9.53 Å². The minimum absolute atomic E-state index is 0.0100. The molecule has 2 atom stereocenters. The summed E-state index contributed by atoms with van der Waals surface area (Å²) in [6, 6.07) is 0. The number of carbonyl (C=O) groups excluding carboxylic acids is 1. The lowest BCUT2D eigenvalue weighted by Gasteiger charge is -2.30. The van der Waals surface area contributed by atoms with Gasteiger partial charge in [-0.05, 0) is 12.8 Å². The number of hydrogen-bond acceptors (Lipinski definition) is 2. The van der Waals surface area contributed by atoms with Crippen LogP contribution in [0.15, 0.2) is 0 Å². The van der Waals surface area contributed by atoms with Crippen molar-refractivity contribution in [2.75, 3.05) is 0 Å². The number of hydrogen-bond donors (Lipinski definition) is 0. The number of halogens is 1. The second-order valence-corrected chi connectivity index (χ2v) is 2.80. The third kappa shape index (κ3) is 1.58. The average Bonchev–Trinajstić information content (AvgIpc) is 1.79. The van der Waals surface area contributed by atoms with Crippen LogP contribution in [0.4, 0.5) is 0 Å². The Bertz CT molecular complexity index is 124. The predicted octanol–water partition coefficient (Wildman–Crippen LogP) is 1.32. The molecule has 1 aliphatic carbocycles. The minimum atomic E-state index is -0.231. The molecule has 0 aliphatic heterocycles. The van der Waals surface area contributed by atoms with Crippen molar-refractivity contribution in [1.82, 2.24) is 0 Å². The van der Waals surface area contributed by atoms with E-state index in [9.17, 15) is 4.79 Å². The molecule has 0 aromatic rings. The molecule has 0 bridgehead atoms. The standard InChI is InChI=1S/C6H9ClO2/c1-4(8)9-6-3-2-5(6)7/h5-6H,2-3H2,1H3/t5-,6-/m0/s1. The maximum absolute atomic E-state index is 10.3. The van der Waals surface area contributed by atoms with Gasteiger partial charge in [0, 0.05) is 6.92 Å². The van der Waals surface area contributed by atoms with Gasteiger partial charge >= 0.3 is 5.97 Å². The summed E-state index contributed by atoms with van der Waals surface area (Å²) in [5.74, 6) is -0.231. The smallest absolute Gasteiger partial charge is 0.302 e. The van der Waals surface area contributed by atoms with E-state index in [4.69, 9.17) is 16.3 Å². The van der Waals surface area contributed by atoms with Crippen LogP contribution < -0.4 is 0 Å². The number of rotatable bonds is 1. The first-order chi connectivity index (χ1) is 4.20. The summed E-state index contributed by atoms with van der Waals surface area (Å²) in [6.07, 6.45) is 1.89. The summed E-state index contributed by atoms with van der Waals surface area (Å²) in [5, 5.41) is 0.0638. The molecule has 1 fully saturated rings. The molecule has 0 unspecified atom stereocenters. The van der Waals surface area contributed by atoms with Crippen LogP contribution in [0.1, 0.15) is 19.8 Å². The van der Waals surface area contributed by atoms with Crippen molar-refractivity contribution in [1.29, 1.82) is 0 Å². The average molecular weight is 149 g/mol. The quantitative estimate of drug-likeness (QED) is 0.414. The lowest BCUT2D eigenvalue weighted by Crippen LogP contribution is -2.36. The van der Waals surface area contributed by atoms with Crippen LogP contribution in [0.2, 0.25) is 0 Å². The summed E-state index contributed by atoms with van der Waals surface area (Å²) >= 11 is 5.68. The number of carbonyl (C=O) groups is 1. The van der Waals surface area contributed by atoms with E-state index in [1.54, 1.807) is 0 Å². The van der Waals surface area contributed by atoms with E-state index >= 15 is 0 Å². The summed E-state index contributed by atoms with van der Waals surface area (Å²) in [7, 11) is 0. The maximum atomic E-state index is 10.3. The maximum Gasteiger partial charge on any atom is 0.302 e. The van der Waals surface area contributed by atoms with Crippen molar-refractivity contribution in [2.45, 2.75) is 31.2 Å². The SMILES string of the molecule is CC(=O)O[C@H]1CC[C@@H]1Cl. The van der Waals surface area contributed by atoms with Crippen molar-refractivity contribution in [3.63, 3.8) is 0 Å². The lowest BCUT2D eigenvalue weighted by atomic mass is 9.95. The first kappa shape index (κ1) is 6.87. The molecule has 3 heteroatoms. The normalized spacial score (nSPS) is 33.1. The van der Waals surface area contributed by atoms with Crippen molar-refractivity contribution in [3.05, 3.63) is 0 Å². The molecule has 9 heavy (non-hydrogen) atoms. The predicted molar refractivity (Wildman–Crippen MR) is 34.4 cm³/mol. The van der Waals surface area contributed by atoms with Crippen molar-refractivity contribution >= 4 is 17.6 Å². The van der Waals surface area contributed by atoms with Crippen LogP contribution in [0, 0.1) is 0 Å². The van der Waals surface area contributed by atoms with Gasteiger partial charge in [0.25, 0.3) is 0 Å². The van der Waals surface area contributed by atoms with Gasteiger partial charge in [-0.3, -0.25) is 4.79 Å². The molecule has 1 rings (SSSR count). The number of esters is 1. The molecule has 1 saturated carbocycles. The first-order valence-corrected chi connectivity index (χ1v) is 3.45. The molecule has 0 heterocycles. The largest absolute Gasteiger partial charge is 0.461 e. The first-order valence-electron chi connectivity index (χ1n) is 3.01. The van der Waals surface area contributed by atoms with Gasteiger partial charge in [0.05, 0.1) is 5.38 Å². The summed E-state index contributed by atoms with van der Waals surface area (Å²) in [4.78, 5) is 10.3. The molecule has 0 N–H and O–H groups in total. The zero-order valence-electron chi connectivity index (χ0n) is 5.26. The minimum Gasteiger partial charge on any atom is -0.461 e. The molecular weight excluding hydrogens is 140 g/mol. The summed E-state index contributed by atoms with van der Waals surface area (Å²) in [6.45, 7) is 1.40. The van der Waals surface area contributed by atoms with Crippen LogP contribution in [0.3, 0.4) is 0 Å². The van der Waals surface area contributed by atoms with Crippen LogP contribution in [-0.2, 0) is 9.53 Å². The molecule has 52 valence electrons. The van der Waals surface area contributed by atoms with E-state index in [1.807, 2.05) is 0 Å². The zero-order chi connectivity index (χ0) is 6.85. The van der Waals surface area contributed by atoms with Gasteiger partial charge in [-0.25, -0.2) is 0 Å². The topological polar surface area (TPSA) is 26.3 Å². The van der Waals surface area contributed by atoms with Crippen molar-refractivity contribution in [3.8, 4) is 0 Å². The molecule has 1 aliphatic rings. The fraction of sp³-hybridized carbons (Fsp3) is 0.833. The van der Waals surface area contributed by atoms with Crippen molar-refractivity contribution in [2.24, 2.45) is 0 Å². The second kappa shape index (κ2) is 2.56. The fourth-order valence-electron chi connectivity index (χ4n) is 0.775. The Morgan fingerprint density at radius 2 is 2.33 bits per heavy atom. The van der Waals surface area contributed by atoms with E-state index in [2.05, 4.69) is 0 Å². The summed E-state index contributed by atoms with van der Waals surface area (Å²) < 4.78 is 4.83. The molecule has 0 aromatic carbocycles. The van der Waals surface area contributed by atoms with Crippen LogP contribution >= 0.6 is 11.6 Å². The van der Waals surface area contributed by atoms with E-state index < -0.39 is 0 Å². The molecule has 0 amide bonds. The Hall–Kier alpha value is -0.240. The van der Waals surface area contributed by atoms with Gasteiger partial charge in [0.1, 0.15) is 6.10 Å². The second-order valence-electron chi connectivity index (χ2n) is 2.24. The molecule has 2 nitrogen and oxygen atoms in total. The Morgan fingerprint density at radius 3 is 2.44 bits per heavy atom. The molecule has 0 spiro atoms. The highest BCUT2D eigenvalue weighted by Crippen LogP contribution is 2.28. The summed E-state index contributed by atoms with van der Waals surface area (Å²) in [5.41, 5.74) is 0. The Morgan fingerprint density at radius 1 is 1.67 bits per heavy atom. The van der Waals surface area contributed by atoms with Crippen LogP contribution in [0.5, 0.6) is 0 Å². The Labute approximate surface area is 59.1 Å². The third-order valence-corrected chi connectivity index (χ3v) is 1.95. The van der Waals surface area contributed by atoms with E-state index in [-0.39, 0.29) is 17.5 Å². The Kier molecular flexibility index (Phi) is 1.96. The molecule has 0 radical (unpaired) electrons. The number of ether oxygens (including phenoxy) is 1. The van der Waals surface area contributed by atoms with E-state index in [0.717, 1.165) is 12.8 Å². The molecule has 0 aromatic heterocycles. The molecule has 0 saturated heterocycles. The highest BCUT2D eigenvalue weighted by atomic mass is 35.5. The van der Waals surface area contributed by atoms with Gasteiger partial charge in [-0.15, -0.1) is 11.6 Å². The van der Waals surface area contributed by atoms with Gasteiger partial charge in [-0.1, -0.05) is 0 Å². The van der Waals surface area contributed by atoms with E-state index in [0.29, 0.717) is 0 Å². The van der Waals surface area contributed by atoms with E-state index in [1.165, 1.54) is 6.92 Å². The zero-order valence-corrected chi connectivity index (χ0v) is 6.02. The van der Waals surface area contributed by atoms with Gasteiger partial charge in [-0.2, -0.15) is 0 Å². The Balaban J connectivity index is 2.21. The monoisotopic (exact) mass is 148 g/mol. The number of alkyl halides is 1. The van der Waals surface area contributed by atoms with Gasteiger partial charge in [0.15, 0.2) is 0 Å².